The molecule has 0 heterocycles. The molecule has 0 radical (unpaired) electrons. The summed E-state index contributed by atoms with van der Waals surface area (Å²) in [6.45, 7) is 3.43. The molecule has 2 amide bonds. The van der Waals surface area contributed by atoms with Crippen LogP contribution in [-0.2, 0) is 4.79 Å². The standard InChI is InChI=1S/C12H21N3O3/c1-2-15(10-6-8-13)12(18)14-9-5-3-4-7-11(16)17/h2-7,9-10H2,1H3,(H,14,18)(H,16,17). The summed E-state index contributed by atoms with van der Waals surface area (Å²) in [7, 11) is 0. The van der Waals surface area contributed by atoms with Crippen molar-refractivity contribution < 1.29 is 14.7 Å². The molecule has 0 aromatic rings. The molecule has 0 fully saturated rings. The predicted molar refractivity (Wildman–Crippen MR) is 67.0 cm³/mol. The van der Waals surface area contributed by atoms with Crippen LogP contribution in [0.5, 0.6) is 0 Å². The van der Waals surface area contributed by atoms with Crippen LogP contribution in [0, 0.1) is 11.3 Å². The lowest BCUT2D eigenvalue weighted by Gasteiger charge is -2.19. The number of urea groups is 1. The number of carboxylic acids is 1. The van der Waals surface area contributed by atoms with Crippen molar-refractivity contribution in [2.24, 2.45) is 0 Å². The van der Waals surface area contributed by atoms with Crippen molar-refractivity contribution in [1.82, 2.24) is 10.2 Å². The molecule has 0 aromatic carbocycles. The topological polar surface area (TPSA) is 93.4 Å². The van der Waals surface area contributed by atoms with Gasteiger partial charge in [0.05, 0.1) is 12.5 Å². The minimum absolute atomic E-state index is 0.161. The largest absolute Gasteiger partial charge is 0.481 e. The highest BCUT2D eigenvalue weighted by molar-refractivity contribution is 5.74. The first-order valence-corrected chi connectivity index (χ1v) is 6.23. The van der Waals surface area contributed by atoms with Gasteiger partial charge in [-0.15, -0.1) is 0 Å². The molecule has 0 atom stereocenters. The zero-order valence-corrected chi connectivity index (χ0v) is 10.8. The van der Waals surface area contributed by atoms with Gasteiger partial charge in [-0.05, 0) is 19.8 Å². The summed E-state index contributed by atoms with van der Waals surface area (Å²) in [6.07, 6.45) is 2.71. The van der Waals surface area contributed by atoms with Gasteiger partial charge in [-0.3, -0.25) is 4.79 Å². The Morgan fingerprint density at radius 3 is 2.61 bits per heavy atom. The van der Waals surface area contributed by atoms with Gasteiger partial charge in [-0.2, -0.15) is 5.26 Å². The summed E-state index contributed by atoms with van der Waals surface area (Å²) >= 11 is 0. The fourth-order valence-electron chi connectivity index (χ4n) is 1.47. The highest BCUT2D eigenvalue weighted by Crippen LogP contribution is 1.99. The van der Waals surface area contributed by atoms with Crippen LogP contribution in [0.1, 0.15) is 39.0 Å². The molecule has 0 aromatic heterocycles. The molecule has 0 bridgehead atoms. The fraction of sp³-hybridized carbons (Fsp3) is 0.750. The first-order valence-electron chi connectivity index (χ1n) is 6.23. The third kappa shape index (κ3) is 8.39. The average molecular weight is 255 g/mol. The number of rotatable bonds is 9. The molecule has 0 saturated heterocycles. The van der Waals surface area contributed by atoms with Gasteiger partial charge < -0.3 is 15.3 Å². The van der Waals surface area contributed by atoms with Gasteiger partial charge in [-0.25, -0.2) is 4.79 Å². The summed E-state index contributed by atoms with van der Waals surface area (Å²) in [5, 5.41) is 19.7. The first-order chi connectivity index (χ1) is 8.61. The Balaban J connectivity index is 3.62. The van der Waals surface area contributed by atoms with Crippen molar-refractivity contribution >= 4 is 12.0 Å². The molecular formula is C12H21N3O3. The van der Waals surface area contributed by atoms with Gasteiger partial charge >= 0.3 is 12.0 Å². The van der Waals surface area contributed by atoms with Crippen LogP contribution in [0.2, 0.25) is 0 Å². The molecule has 0 aliphatic rings. The predicted octanol–water partition coefficient (Wildman–Crippen LogP) is 1.58. The molecule has 2 N–H and O–H groups in total. The second-order valence-electron chi connectivity index (χ2n) is 3.92. The molecule has 0 aliphatic carbocycles. The van der Waals surface area contributed by atoms with E-state index in [1.54, 1.807) is 4.90 Å². The Bertz CT molecular complexity index is 299. The normalized spacial score (nSPS) is 9.56. The number of nitrogens with zero attached hydrogens (tertiary/aromatic N) is 2. The third-order valence-electron chi connectivity index (χ3n) is 2.51. The Labute approximate surface area is 108 Å². The van der Waals surface area contributed by atoms with Gasteiger partial charge in [0, 0.05) is 26.1 Å². The van der Waals surface area contributed by atoms with Crippen LogP contribution in [0.25, 0.3) is 0 Å². The molecule has 0 unspecified atom stereocenters. The summed E-state index contributed by atoms with van der Waals surface area (Å²) in [5.41, 5.74) is 0. The van der Waals surface area contributed by atoms with Crippen LogP contribution in [0.3, 0.4) is 0 Å². The minimum Gasteiger partial charge on any atom is -0.481 e. The Kier molecular flexibility index (Phi) is 9.37. The quantitative estimate of drug-likeness (QED) is 0.611. The number of nitrogens with one attached hydrogen (secondary N) is 1. The molecule has 0 saturated carbocycles. The van der Waals surface area contributed by atoms with Crippen LogP contribution in [0.4, 0.5) is 4.79 Å². The Hall–Kier alpha value is -1.77. The number of carboxylic acid groups (broad SMARTS) is 1. The van der Waals surface area contributed by atoms with Crippen molar-refractivity contribution in [3.63, 3.8) is 0 Å². The highest BCUT2D eigenvalue weighted by Gasteiger charge is 2.09. The summed E-state index contributed by atoms with van der Waals surface area (Å²) in [4.78, 5) is 23.5. The Morgan fingerprint density at radius 1 is 1.33 bits per heavy atom. The lowest BCUT2D eigenvalue weighted by molar-refractivity contribution is -0.137. The maximum atomic E-state index is 11.6. The van der Waals surface area contributed by atoms with E-state index in [-0.39, 0.29) is 12.5 Å². The summed E-state index contributed by atoms with van der Waals surface area (Å²) in [5.74, 6) is -0.785. The van der Waals surface area contributed by atoms with E-state index >= 15 is 0 Å². The highest BCUT2D eigenvalue weighted by atomic mass is 16.4. The van der Waals surface area contributed by atoms with Gasteiger partial charge in [0.15, 0.2) is 0 Å². The van der Waals surface area contributed by atoms with E-state index in [1.807, 2.05) is 13.0 Å². The van der Waals surface area contributed by atoms with Gasteiger partial charge in [0.1, 0.15) is 0 Å². The first kappa shape index (κ1) is 16.2. The van der Waals surface area contributed by atoms with E-state index < -0.39 is 5.97 Å². The van der Waals surface area contributed by atoms with E-state index in [9.17, 15) is 9.59 Å². The SMILES string of the molecule is CCN(CCC#N)C(=O)NCCCCCC(=O)O. The van der Waals surface area contributed by atoms with E-state index in [0.29, 0.717) is 32.5 Å². The van der Waals surface area contributed by atoms with Crippen LogP contribution in [-0.4, -0.2) is 41.6 Å². The smallest absolute Gasteiger partial charge is 0.317 e. The number of nitriles is 1. The zero-order chi connectivity index (χ0) is 13.8. The molecule has 0 spiro atoms. The minimum atomic E-state index is -0.785. The second-order valence-corrected chi connectivity index (χ2v) is 3.92. The molecule has 6 nitrogen and oxygen atoms in total. The average Bonchev–Trinajstić information content (AvgIpc) is 2.34. The summed E-state index contributed by atoms with van der Waals surface area (Å²) in [6, 6.07) is 1.84. The number of amides is 2. The number of unbranched alkanes of at least 4 members (excludes halogenated alkanes) is 2. The lowest BCUT2D eigenvalue weighted by Crippen LogP contribution is -2.40. The van der Waals surface area contributed by atoms with Crippen molar-refractivity contribution in [3.8, 4) is 6.07 Å². The van der Waals surface area contributed by atoms with E-state index in [2.05, 4.69) is 5.32 Å². The summed E-state index contributed by atoms with van der Waals surface area (Å²) < 4.78 is 0. The van der Waals surface area contributed by atoms with Gasteiger partial charge in [0.2, 0.25) is 0 Å². The van der Waals surface area contributed by atoms with Crippen LogP contribution in [0.15, 0.2) is 0 Å². The molecule has 18 heavy (non-hydrogen) atoms. The maximum absolute atomic E-state index is 11.6. The maximum Gasteiger partial charge on any atom is 0.317 e. The van der Waals surface area contributed by atoms with Crippen molar-refractivity contribution in [1.29, 1.82) is 5.26 Å². The second kappa shape index (κ2) is 10.4. The monoisotopic (exact) mass is 255 g/mol. The third-order valence-corrected chi connectivity index (χ3v) is 2.51. The van der Waals surface area contributed by atoms with E-state index in [0.717, 1.165) is 12.8 Å². The molecule has 102 valence electrons. The van der Waals surface area contributed by atoms with E-state index in [4.69, 9.17) is 10.4 Å². The zero-order valence-electron chi connectivity index (χ0n) is 10.8. The van der Waals surface area contributed by atoms with Crippen molar-refractivity contribution in [2.75, 3.05) is 19.6 Å². The molecular weight excluding hydrogens is 234 g/mol. The Morgan fingerprint density at radius 2 is 2.06 bits per heavy atom. The number of hydrogen-bond acceptors (Lipinski definition) is 3. The number of aliphatic carboxylic acids is 1. The lowest BCUT2D eigenvalue weighted by atomic mass is 10.2. The van der Waals surface area contributed by atoms with Crippen molar-refractivity contribution in [3.05, 3.63) is 0 Å². The van der Waals surface area contributed by atoms with E-state index in [1.165, 1.54) is 0 Å². The molecule has 0 rings (SSSR count). The molecule has 0 aliphatic heterocycles. The van der Waals surface area contributed by atoms with Gasteiger partial charge in [-0.1, -0.05) is 6.42 Å². The van der Waals surface area contributed by atoms with Crippen LogP contribution < -0.4 is 5.32 Å². The number of hydrogen-bond donors (Lipinski definition) is 2. The number of carbonyl (C=O) groups excluding carboxylic acids is 1. The van der Waals surface area contributed by atoms with Gasteiger partial charge in [0.25, 0.3) is 0 Å². The van der Waals surface area contributed by atoms with Crippen LogP contribution >= 0.6 is 0 Å². The van der Waals surface area contributed by atoms with Crippen molar-refractivity contribution in [2.45, 2.75) is 39.0 Å². The fourth-order valence-corrected chi connectivity index (χ4v) is 1.47. The number of carbonyl (C=O) groups is 2. The molecule has 6 heteroatoms.